The second-order valence-electron chi connectivity index (χ2n) is 7.63. The predicted molar refractivity (Wildman–Crippen MR) is 101 cm³/mol. The highest BCUT2D eigenvalue weighted by Gasteiger charge is 2.38. The first-order valence-electron chi connectivity index (χ1n) is 8.36. The Morgan fingerprint density at radius 1 is 1.04 bits per heavy atom. The monoisotopic (exact) mass is 373 g/mol. The molecule has 0 bridgehead atoms. The van der Waals surface area contributed by atoms with E-state index >= 15 is 0 Å². The predicted octanol–water partition coefficient (Wildman–Crippen LogP) is 4.00. The molecule has 0 saturated heterocycles. The summed E-state index contributed by atoms with van der Waals surface area (Å²) in [6.45, 7) is 11.3. The molecule has 138 valence electrons. The van der Waals surface area contributed by atoms with Crippen molar-refractivity contribution >= 4 is 18.6 Å². The van der Waals surface area contributed by atoms with Crippen LogP contribution in [0.3, 0.4) is 0 Å². The van der Waals surface area contributed by atoms with Gasteiger partial charge in [-0.25, -0.2) is 5.14 Å². The molecule has 1 aromatic carbocycles. The average Bonchev–Trinajstić information content (AvgIpc) is 2.41. The average molecular weight is 374 g/mol. The Balaban J connectivity index is 2.38. The first kappa shape index (κ1) is 21.2. The third-order valence-corrected chi connectivity index (χ3v) is 9.31. The van der Waals surface area contributed by atoms with Gasteiger partial charge >= 0.3 is 10.3 Å². The number of nitrogens with two attached hydrogens (primary N) is 1. The van der Waals surface area contributed by atoms with Crippen molar-refractivity contribution in [1.29, 1.82) is 0 Å². The summed E-state index contributed by atoms with van der Waals surface area (Å²) < 4.78 is 32.0. The summed E-state index contributed by atoms with van der Waals surface area (Å²) in [7, 11) is -5.60. The van der Waals surface area contributed by atoms with Gasteiger partial charge in [0, 0.05) is 0 Å². The van der Waals surface area contributed by atoms with Gasteiger partial charge in [-0.1, -0.05) is 39.3 Å². The fourth-order valence-electron chi connectivity index (χ4n) is 1.95. The van der Waals surface area contributed by atoms with Crippen LogP contribution in [0.15, 0.2) is 24.3 Å². The summed E-state index contributed by atoms with van der Waals surface area (Å²) in [5, 5.41) is 4.95. The first-order valence-corrected chi connectivity index (χ1v) is 12.7. The standard InChI is InChI=1S/C17H31NO4SSi/c1-17(2,3)24(4,5)22-16-12-10-15(11-13-16)9-7-6-8-14-21-23(18,19)20/h10-13H,6-9,14H2,1-5H3,(H2,18,19,20). The van der Waals surface area contributed by atoms with Crippen LogP contribution >= 0.6 is 0 Å². The highest BCUT2D eigenvalue weighted by atomic mass is 32.2. The lowest BCUT2D eigenvalue weighted by Gasteiger charge is -2.36. The van der Waals surface area contributed by atoms with Crippen LogP contribution in [-0.4, -0.2) is 23.3 Å². The van der Waals surface area contributed by atoms with Gasteiger partial charge in [0.1, 0.15) is 5.75 Å². The summed E-state index contributed by atoms with van der Waals surface area (Å²) in [5.41, 5.74) is 1.25. The summed E-state index contributed by atoms with van der Waals surface area (Å²) >= 11 is 0. The van der Waals surface area contributed by atoms with Crippen molar-refractivity contribution in [1.82, 2.24) is 0 Å². The van der Waals surface area contributed by atoms with Gasteiger partial charge in [-0.2, -0.15) is 8.42 Å². The second kappa shape index (κ2) is 8.47. The van der Waals surface area contributed by atoms with Gasteiger partial charge in [0.2, 0.25) is 8.32 Å². The van der Waals surface area contributed by atoms with Crippen LogP contribution in [0.5, 0.6) is 5.75 Å². The Bertz CT molecular complexity index is 606. The molecule has 0 heterocycles. The molecule has 0 aliphatic heterocycles. The van der Waals surface area contributed by atoms with E-state index in [1.807, 2.05) is 12.1 Å². The van der Waals surface area contributed by atoms with Crippen molar-refractivity contribution in [3.8, 4) is 5.75 Å². The van der Waals surface area contributed by atoms with Crippen molar-refractivity contribution in [2.75, 3.05) is 6.61 Å². The molecule has 24 heavy (non-hydrogen) atoms. The number of hydrogen-bond donors (Lipinski definition) is 1. The molecule has 1 aromatic rings. The zero-order valence-corrected chi connectivity index (χ0v) is 17.3. The molecule has 0 radical (unpaired) electrons. The molecule has 0 unspecified atom stereocenters. The molecule has 0 amide bonds. The van der Waals surface area contributed by atoms with Crippen molar-refractivity contribution < 1.29 is 17.0 Å². The zero-order chi connectivity index (χ0) is 18.4. The fraction of sp³-hybridized carbons (Fsp3) is 0.647. The van der Waals surface area contributed by atoms with Gasteiger partial charge in [-0.05, 0) is 55.1 Å². The molecule has 2 N–H and O–H groups in total. The van der Waals surface area contributed by atoms with E-state index < -0.39 is 18.6 Å². The van der Waals surface area contributed by atoms with Crippen LogP contribution < -0.4 is 9.56 Å². The van der Waals surface area contributed by atoms with Crippen LogP contribution in [0.25, 0.3) is 0 Å². The van der Waals surface area contributed by atoms with Gasteiger partial charge in [-0.15, -0.1) is 0 Å². The van der Waals surface area contributed by atoms with E-state index in [0.717, 1.165) is 25.0 Å². The highest BCUT2D eigenvalue weighted by Crippen LogP contribution is 2.37. The molecule has 5 nitrogen and oxygen atoms in total. The number of unbranched alkanes of at least 4 members (excludes halogenated alkanes) is 2. The van der Waals surface area contributed by atoms with E-state index in [9.17, 15) is 8.42 Å². The van der Waals surface area contributed by atoms with E-state index in [2.05, 4.69) is 50.2 Å². The van der Waals surface area contributed by atoms with Gasteiger partial charge in [0.15, 0.2) is 0 Å². The maximum atomic E-state index is 10.6. The molecule has 0 saturated carbocycles. The Morgan fingerprint density at radius 3 is 2.12 bits per heavy atom. The van der Waals surface area contributed by atoms with E-state index in [0.29, 0.717) is 6.42 Å². The normalized spacial score (nSPS) is 13.1. The number of benzene rings is 1. The van der Waals surface area contributed by atoms with E-state index in [1.165, 1.54) is 5.56 Å². The molecule has 0 spiro atoms. The third-order valence-electron chi connectivity index (χ3n) is 4.46. The summed E-state index contributed by atoms with van der Waals surface area (Å²) in [6, 6.07) is 8.28. The van der Waals surface area contributed by atoms with Crippen LogP contribution in [0.4, 0.5) is 0 Å². The van der Waals surface area contributed by atoms with Crippen molar-refractivity contribution in [3.63, 3.8) is 0 Å². The van der Waals surface area contributed by atoms with Crippen molar-refractivity contribution in [2.45, 2.75) is 64.6 Å². The highest BCUT2D eigenvalue weighted by molar-refractivity contribution is 7.84. The maximum absolute atomic E-state index is 10.6. The van der Waals surface area contributed by atoms with Crippen LogP contribution in [0, 0.1) is 0 Å². The Labute approximate surface area is 147 Å². The SMILES string of the molecule is CC(C)(C)[Si](C)(C)Oc1ccc(CCCCCOS(N)(=O)=O)cc1. The number of rotatable bonds is 9. The number of hydrogen-bond acceptors (Lipinski definition) is 4. The van der Waals surface area contributed by atoms with Gasteiger partial charge in [-0.3, -0.25) is 4.18 Å². The summed E-state index contributed by atoms with van der Waals surface area (Å²) in [6.07, 6.45) is 3.52. The van der Waals surface area contributed by atoms with E-state index in [1.54, 1.807) is 0 Å². The minimum absolute atomic E-state index is 0.151. The molecule has 0 aromatic heterocycles. The molecule has 1 rings (SSSR count). The molecule has 0 fully saturated rings. The lowest BCUT2D eigenvalue weighted by molar-refractivity contribution is 0.307. The Morgan fingerprint density at radius 2 is 1.62 bits per heavy atom. The molecule has 7 heteroatoms. The third kappa shape index (κ3) is 7.79. The van der Waals surface area contributed by atoms with Gasteiger partial charge in [0.25, 0.3) is 0 Å². The molecular formula is C17H31NO4SSi. The molecule has 0 aliphatic rings. The maximum Gasteiger partial charge on any atom is 0.333 e. The fourth-order valence-corrected chi connectivity index (χ4v) is 3.34. The van der Waals surface area contributed by atoms with Crippen molar-refractivity contribution in [3.05, 3.63) is 29.8 Å². The van der Waals surface area contributed by atoms with E-state index in [4.69, 9.17) is 9.56 Å². The van der Waals surface area contributed by atoms with Crippen LogP contribution in [-0.2, 0) is 20.9 Å². The van der Waals surface area contributed by atoms with Gasteiger partial charge < -0.3 is 4.43 Å². The molecular weight excluding hydrogens is 342 g/mol. The summed E-state index contributed by atoms with van der Waals surface area (Å²) in [4.78, 5) is 0. The van der Waals surface area contributed by atoms with Crippen molar-refractivity contribution in [2.24, 2.45) is 5.14 Å². The molecule has 0 atom stereocenters. The summed E-state index contributed by atoms with van der Waals surface area (Å²) in [5.74, 6) is 0.937. The first-order chi connectivity index (χ1) is 10.9. The Hall–Kier alpha value is -0.893. The largest absolute Gasteiger partial charge is 0.544 e. The smallest absolute Gasteiger partial charge is 0.333 e. The second-order valence-corrected chi connectivity index (χ2v) is 13.6. The zero-order valence-electron chi connectivity index (χ0n) is 15.5. The van der Waals surface area contributed by atoms with E-state index in [-0.39, 0.29) is 11.6 Å². The lowest BCUT2D eigenvalue weighted by Crippen LogP contribution is -2.43. The minimum atomic E-state index is -3.80. The van der Waals surface area contributed by atoms with Gasteiger partial charge in [0.05, 0.1) is 6.61 Å². The van der Waals surface area contributed by atoms with Crippen LogP contribution in [0.1, 0.15) is 45.6 Å². The Kier molecular flexibility index (Phi) is 7.46. The quantitative estimate of drug-likeness (QED) is 0.524. The number of aryl methyl sites for hydroxylation is 1. The topological polar surface area (TPSA) is 78.6 Å². The lowest BCUT2D eigenvalue weighted by atomic mass is 10.1. The van der Waals surface area contributed by atoms with Crippen LogP contribution in [0.2, 0.25) is 18.1 Å². The molecule has 0 aliphatic carbocycles. The minimum Gasteiger partial charge on any atom is -0.544 e.